The van der Waals surface area contributed by atoms with Crippen LogP contribution in [0.2, 0.25) is 0 Å². The first-order chi connectivity index (χ1) is 9.71. The average Bonchev–Trinajstić information content (AvgIpc) is 2.35. The fraction of sp³-hybridized carbons (Fsp3) is 0.455. The van der Waals surface area contributed by atoms with E-state index in [9.17, 15) is 26.7 Å². The molecule has 1 aromatic rings. The number of alkyl halides is 6. The number of ether oxygens (including phenoxy) is 2. The van der Waals surface area contributed by atoms with Crippen LogP contribution in [0.15, 0.2) is 6.20 Å². The van der Waals surface area contributed by atoms with Crippen molar-refractivity contribution in [3.63, 3.8) is 0 Å². The largest absolute Gasteiger partial charge is 0.574 e. The number of nitrogens with zero attached hydrogens (tertiary/aromatic N) is 1. The number of hydrogen-bond acceptors (Lipinski definition) is 4. The van der Waals surface area contributed by atoms with E-state index in [2.05, 4.69) is 30.4 Å². The van der Waals surface area contributed by atoms with E-state index < -0.39 is 30.2 Å². The maximum Gasteiger partial charge on any atom is 0.574 e. The third-order valence-corrected chi connectivity index (χ3v) is 2.81. The molecule has 0 aromatic carbocycles. The fourth-order valence-electron chi connectivity index (χ4n) is 1.49. The third kappa shape index (κ3) is 4.51. The van der Waals surface area contributed by atoms with Crippen LogP contribution in [0.5, 0.6) is 5.88 Å². The molecule has 1 rings (SSSR count). The summed E-state index contributed by atoms with van der Waals surface area (Å²) in [5.41, 5.74) is -1.81. The second-order valence-electron chi connectivity index (χ2n) is 3.57. The molecule has 10 heteroatoms. The molecule has 21 heavy (non-hydrogen) atoms. The molecule has 0 saturated carbocycles. The maximum atomic E-state index is 13.0. The lowest BCUT2D eigenvalue weighted by atomic mass is 10.1. The van der Waals surface area contributed by atoms with Gasteiger partial charge < -0.3 is 9.47 Å². The molecule has 0 bridgehead atoms. The summed E-state index contributed by atoms with van der Waals surface area (Å²) in [7, 11) is 0. The van der Waals surface area contributed by atoms with Crippen molar-refractivity contribution in [3.05, 3.63) is 22.9 Å². The molecular weight excluding hydrogens is 369 g/mol. The molecule has 1 aromatic heterocycles. The molecule has 0 unspecified atom stereocenters. The van der Waals surface area contributed by atoms with Crippen LogP contribution in [0.4, 0.5) is 22.0 Å². The number of esters is 1. The van der Waals surface area contributed by atoms with E-state index in [-0.39, 0.29) is 23.1 Å². The number of rotatable bonds is 5. The molecule has 0 aliphatic heterocycles. The standard InChI is InChI=1S/C11H9BrF5NO3/c1-2-20-10(19)6-4-18-9(21-11(15,16)17)7(8(13)14)5(6)3-12/h4,8H,2-3H2,1H3. The van der Waals surface area contributed by atoms with Crippen molar-refractivity contribution in [3.8, 4) is 5.88 Å². The van der Waals surface area contributed by atoms with Crippen LogP contribution in [0.25, 0.3) is 0 Å². The minimum absolute atomic E-state index is 0.0224. The van der Waals surface area contributed by atoms with Crippen molar-refractivity contribution in [1.29, 1.82) is 0 Å². The van der Waals surface area contributed by atoms with E-state index in [1.807, 2.05) is 0 Å². The Morgan fingerprint density at radius 2 is 2.05 bits per heavy atom. The number of carbonyl (C=O) groups excluding carboxylic acids is 1. The van der Waals surface area contributed by atoms with Gasteiger partial charge in [-0.15, -0.1) is 13.2 Å². The van der Waals surface area contributed by atoms with Gasteiger partial charge in [0.15, 0.2) is 0 Å². The summed E-state index contributed by atoms with van der Waals surface area (Å²) in [6.45, 7) is 1.47. The minimum atomic E-state index is -5.17. The zero-order chi connectivity index (χ0) is 16.2. The Bertz CT molecular complexity index is 521. The first-order valence-electron chi connectivity index (χ1n) is 5.50. The highest BCUT2D eigenvalue weighted by atomic mass is 79.9. The first kappa shape index (κ1) is 17.6. The van der Waals surface area contributed by atoms with E-state index in [1.54, 1.807) is 0 Å². The van der Waals surface area contributed by atoms with Crippen LogP contribution in [-0.4, -0.2) is 23.9 Å². The van der Waals surface area contributed by atoms with E-state index in [0.29, 0.717) is 6.20 Å². The van der Waals surface area contributed by atoms with Gasteiger partial charge in [0, 0.05) is 11.5 Å². The van der Waals surface area contributed by atoms with Gasteiger partial charge >= 0.3 is 12.3 Å². The summed E-state index contributed by atoms with van der Waals surface area (Å²) in [4.78, 5) is 14.8. The van der Waals surface area contributed by atoms with Gasteiger partial charge in [0.2, 0.25) is 5.88 Å². The molecule has 1 heterocycles. The summed E-state index contributed by atoms with van der Waals surface area (Å²) in [5.74, 6) is -2.25. The normalized spacial score (nSPS) is 11.6. The van der Waals surface area contributed by atoms with Crippen molar-refractivity contribution in [1.82, 2.24) is 4.98 Å². The van der Waals surface area contributed by atoms with E-state index in [4.69, 9.17) is 0 Å². The zero-order valence-corrected chi connectivity index (χ0v) is 12.1. The maximum absolute atomic E-state index is 13.0. The molecule has 0 amide bonds. The number of carbonyl (C=O) groups is 1. The van der Waals surface area contributed by atoms with Gasteiger partial charge in [-0.25, -0.2) is 18.6 Å². The van der Waals surface area contributed by atoms with Gasteiger partial charge in [0.25, 0.3) is 6.43 Å². The number of hydrogen-bond donors (Lipinski definition) is 0. The second kappa shape index (κ2) is 7.01. The van der Waals surface area contributed by atoms with E-state index in [0.717, 1.165) is 0 Å². The zero-order valence-electron chi connectivity index (χ0n) is 10.5. The van der Waals surface area contributed by atoms with Crippen molar-refractivity contribution in [2.75, 3.05) is 6.61 Å². The SMILES string of the molecule is CCOC(=O)c1cnc(OC(F)(F)F)c(C(F)F)c1CBr. The van der Waals surface area contributed by atoms with Gasteiger partial charge in [-0.1, -0.05) is 15.9 Å². The molecule has 0 saturated heterocycles. The number of aromatic nitrogens is 1. The Kier molecular flexibility index (Phi) is 5.87. The Labute approximate surface area is 124 Å². The van der Waals surface area contributed by atoms with E-state index in [1.165, 1.54) is 6.92 Å². The lowest BCUT2D eigenvalue weighted by Crippen LogP contribution is -2.21. The molecule has 4 nitrogen and oxygen atoms in total. The molecule has 118 valence electrons. The quantitative estimate of drug-likeness (QED) is 0.442. The molecule has 0 N–H and O–H groups in total. The summed E-state index contributed by atoms with van der Waals surface area (Å²) >= 11 is 2.86. The Morgan fingerprint density at radius 3 is 2.48 bits per heavy atom. The lowest BCUT2D eigenvalue weighted by molar-refractivity contribution is -0.276. The second-order valence-corrected chi connectivity index (χ2v) is 4.13. The van der Waals surface area contributed by atoms with Gasteiger partial charge in [-0.05, 0) is 12.5 Å². The molecule has 0 aliphatic carbocycles. The average molecular weight is 378 g/mol. The van der Waals surface area contributed by atoms with Crippen LogP contribution < -0.4 is 4.74 Å². The van der Waals surface area contributed by atoms with E-state index >= 15 is 0 Å². The number of halogens is 6. The van der Waals surface area contributed by atoms with Crippen LogP contribution in [0, 0.1) is 0 Å². The van der Waals surface area contributed by atoms with Crippen LogP contribution in [-0.2, 0) is 10.1 Å². The van der Waals surface area contributed by atoms with Gasteiger partial charge in [-0.3, -0.25) is 0 Å². The smallest absolute Gasteiger partial charge is 0.462 e. The first-order valence-corrected chi connectivity index (χ1v) is 6.62. The van der Waals surface area contributed by atoms with Crippen LogP contribution in [0.3, 0.4) is 0 Å². The summed E-state index contributed by atoms with van der Waals surface area (Å²) < 4.78 is 70.7. The predicted molar refractivity (Wildman–Crippen MR) is 64.5 cm³/mol. The summed E-state index contributed by atoms with van der Waals surface area (Å²) in [6, 6.07) is 0. The van der Waals surface area contributed by atoms with Crippen molar-refractivity contribution < 1.29 is 36.2 Å². The Hall–Kier alpha value is -1.45. The lowest BCUT2D eigenvalue weighted by Gasteiger charge is -2.16. The summed E-state index contributed by atoms with van der Waals surface area (Å²) in [6.07, 6.45) is -7.77. The van der Waals surface area contributed by atoms with Crippen molar-refractivity contribution in [2.45, 2.75) is 25.0 Å². The third-order valence-electron chi connectivity index (χ3n) is 2.25. The van der Waals surface area contributed by atoms with Crippen LogP contribution in [0.1, 0.15) is 34.8 Å². The topological polar surface area (TPSA) is 48.4 Å². The van der Waals surface area contributed by atoms with Crippen molar-refractivity contribution in [2.24, 2.45) is 0 Å². The van der Waals surface area contributed by atoms with Gasteiger partial charge in [0.1, 0.15) is 0 Å². The number of pyridine rings is 1. The fourth-order valence-corrected chi connectivity index (χ4v) is 2.09. The molecule has 0 radical (unpaired) electrons. The summed E-state index contributed by atoms with van der Waals surface area (Å²) in [5, 5.41) is -0.294. The molecule has 0 aliphatic rings. The highest BCUT2D eigenvalue weighted by Crippen LogP contribution is 2.36. The molecular formula is C11H9BrF5NO3. The predicted octanol–water partition coefficient (Wildman–Crippen LogP) is 3.99. The highest BCUT2D eigenvalue weighted by Gasteiger charge is 2.36. The van der Waals surface area contributed by atoms with Gasteiger partial charge in [0.05, 0.1) is 17.7 Å². The Balaban J connectivity index is 3.41. The minimum Gasteiger partial charge on any atom is -0.462 e. The monoisotopic (exact) mass is 377 g/mol. The Morgan fingerprint density at radius 1 is 1.43 bits per heavy atom. The van der Waals surface area contributed by atoms with Gasteiger partial charge in [-0.2, -0.15) is 0 Å². The molecule has 0 spiro atoms. The van der Waals surface area contributed by atoms with Crippen molar-refractivity contribution >= 4 is 21.9 Å². The highest BCUT2D eigenvalue weighted by molar-refractivity contribution is 9.08. The molecule has 0 fully saturated rings. The van der Waals surface area contributed by atoms with Crippen LogP contribution >= 0.6 is 15.9 Å². The molecule has 0 atom stereocenters.